The summed E-state index contributed by atoms with van der Waals surface area (Å²) in [5.74, 6) is -0.107. The molecule has 1 radical (unpaired) electrons. The van der Waals surface area contributed by atoms with Gasteiger partial charge in [0, 0.05) is 0 Å². The summed E-state index contributed by atoms with van der Waals surface area (Å²) in [6, 6.07) is 0. The molecule has 0 N–H and O–H groups in total. The van der Waals surface area contributed by atoms with E-state index in [2.05, 4.69) is 6.92 Å². The van der Waals surface area contributed by atoms with Crippen molar-refractivity contribution in [3.63, 3.8) is 0 Å². The maximum Gasteiger partial charge on any atom is 0.312 e. The normalized spacial score (nSPS) is 21.8. The third kappa shape index (κ3) is 1.99. The summed E-state index contributed by atoms with van der Waals surface area (Å²) in [5, 5.41) is 0. The molecule has 1 rings (SSSR count). The van der Waals surface area contributed by atoms with Crippen LogP contribution in [-0.2, 0) is 9.53 Å². The van der Waals surface area contributed by atoms with Crippen molar-refractivity contribution < 1.29 is 9.53 Å². The predicted molar refractivity (Wildman–Crippen MR) is 47.5 cm³/mol. The SMILES string of the molecule is [CH2]C1(C(=O)OCC)CCCCC1. The Kier molecular flexibility index (Phi) is 3.12. The maximum absolute atomic E-state index is 11.4. The highest BCUT2D eigenvalue weighted by atomic mass is 16.5. The first-order valence-corrected chi connectivity index (χ1v) is 4.71. The lowest BCUT2D eigenvalue weighted by molar-refractivity contribution is -0.154. The molecule has 0 atom stereocenters. The van der Waals surface area contributed by atoms with E-state index in [1.165, 1.54) is 6.42 Å². The summed E-state index contributed by atoms with van der Waals surface area (Å²) in [4.78, 5) is 11.4. The molecular weight excluding hydrogens is 152 g/mol. The van der Waals surface area contributed by atoms with E-state index in [0.29, 0.717) is 6.61 Å². The van der Waals surface area contributed by atoms with Gasteiger partial charge in [-0.2, -0.15) is 0 Å². The molecule has 0 aliphatic heterocycles. The molecule has 0 saturated heterocycles. The Labute approximate surface area is 74.3 Å². The summed E-state index contributed by atoms with van der Waals surface area (Å²) >= 11 is 0. The lowest BCUT2D eigenvalue weighted by atomic mass is 9.76. The summed E-state index contributed by atoms with van der Waals surface area (Å²) in [6.07, 6.45) is 5.25. The maximum atomic E-state index is 11.4. The minimum atomic E-state index is -0.422. The second-order valence-corrected chi connectivity index (χ2v) is 3.56. The van der Waals surface area contributed by atoms with Gasteiger partial charge in [0.15, 0.2) is 0 Å². The number of carbonyl (C=O) groups is 1. The second kappa shape index (κ2) is 3.92. The van der Waals surface area contributed by atoms with Gasteiger partial charge in [-0.05, 0) is 26.7 Å². The van der Waals surface area contributed by atoms with Crippen molar-refractivity contribution in [2.24, 2.45) is 5.41 Å². The van der Waals surface area contributed by atoms with E-state index in [1.54, 1.807) is 0 Å². The van der Waals surface area contributed by atoms with Crippen molar-refractivity contribution in [1.29, 1.82) is 0 Å². The van der Waals surface area contributed by atoms with E-state index in [4.69, 9.17) is 4.74 Å². The predicted octanol–water partition coefficient (Wildman–Crippen LogP) is 2.33. The van der Waals surface area contributed by atoms with Gasteiger partial charge in [0.2, 0.25) is 0 Å². The lowest BCUT2D eigenvalue weighted by Crippen LogP contribution is -2.32. The van der Waals surface area contributed by atoms with Gasteiger partial charge >= 0.3 is 5.97 Å². The smallest absolute Gasteiger partial charge is 0.312 e. The molecular formula is C10H17O2. The van der Waals surface area contributed by atoms with Gasteiger partial charge in [0.1, 0.15) is 0 Å². The van der Waals surface area contributed by atoms with E-state index < -0.39 is 5.41 Å². The average Bonchev–Trinajstić information content (AvgIpc) is 2.06. The number of carbonyl (C=O) groups excluding carboxylic acids is 1. The standard InChI is InChI=1S/C10H17O2/c1-3-12-9(11)10(2)7-5-4-6-8-10/h2-8H2,1H3. The monoisotopic (exact) mass is 169 g/mol. The first kappa shape index (κ1) is 9.56. The van der Waals surface area contributed by atoms with Crippen molar-refractivity contribution in [2.45, 2.75) is 39.0 Å². The number of ether oxygens (including phenoxy) is 1. The average molecular weight is 169 g/mol. The van der Waals surface area contributed by atoms with Gasteiger partial charge in [-0.1, -0.05) is 19.3 Å². The zero-order chi connectivity index (χ0) is 9.03. The molecule has 0 aromatic carbocycles. The minimum Gasteiger partial charge on any atom is -0.466 e. The molecule has 0 aromatic heterocycles. The van der Waals surface area contributed by atoms with Crippen LogP contribution in [0.2, 0.25) is 0 Å². The molecule has 0 heterocycles. The third-order valence-electron chi connectivity index (χ3n) is 2.52. The van der Waals surface area contributed by atoms with Gasteiger partial charge in [0.25, 0.3) is 0 Å². The van der Waals surface area contributed by atoms with Gasteiger partial charge < -0.3 is 4.74 Å². The van der Waals surface area contributed by atoms with Crippen LogP contribution in [0, 0.1) is 12.3 Å². The topological polar surface area (TPSA) is 26.3 Å². The molecule has 0 aromatic rings. The molecule has 0 unspecified atom stereocenters. The Balaban J connectivity index is 2.50. The first-order valence-electron chi connectivity index (χ1n) is 4.71. The molecule has 69 valence electrons. The summed E-state index contributed by atoms with van der Waals surface area (Å²) in [7, 11) is 0. The van der Waals surface area contributed by atoms with Crippen LogP contribution in [0.25, 0.3) is 0 Å². The van der Waals surface area contributed by atoms with Crippen LogP contribution < -0.4 is 0 Å². The summed E-state index contributed by atoms with van der Waals surface area (Å²) < 4.78 is 4.98. The minimum absolute atomic E-state index is 0.107. The van der Waals surface area contributed by atoms with E-state index >= 15 is 0 Å². The molecule has 12 heavy (non-hydrogen) atoms. The number of rotatable bonds is 2. The number of hydrogen-bond acceptors (Lipinski definition) is 2. The van der Waals surface area contributed by atoms with Crippen molar-refractivity contribution >= 4 is 5.97 Å². The van der Waals surface area contributed by atoms with E-state index in [9.17, 15) is 4.79 Å². The molecule has 2 nitrogen and oxygen atoms in total. The van der Waals surface area contributed by atoms with E-state index in [-0.39, 0.29) is 5.97 Å². The fourth-order valence-corrected chi connectivity index (χ4v) is 1.72. The highest BCUT2D eigenvalue weighted by molar-refractivity contribution is 5.77. The molecule has 1 saturated carbocycles. The van der Waals surface area contributed by atoms with Gasteiger partial charge in [-0.15, -0.1) is 0 Å². The number of esters is 1. The molecule has 0 bridgehead atoms. The Morgan fingerprint density at radius 3 is 2.50 bits per heavy atom. The van der Waals surface area contributed by atoms with Crippen LogP contribution in [-0.4, -0.2) is 12.6 Å². The van der Waals surface area contributed by atoms with Gasteiger partial charge in [-0.3, -0.25) is 4.79 Å². The van der Waals surface area contributed by atoms with Gasteiger partial charge in [-0.25, -0.2) is 0 Å². The zero-order valence-corrected chi connectivity index (χ0v) is 7.77. The summed E-state index contributed by atoms with van der Waals surface area (Å²) in [6.45, 7) is 6.28. The molecule has 0 amide bonds. The first-order chi connectivity index (χ1) is 5.69. The Hall–Kier alpha value is -0.530. The van der Waals surface area contributed by atoms with Gasteiger partial charge in [0.05, 0.1) is 12.0 Å². The lowest BCUT2D eigenvalue weighted by Gasteiger charge is -2.30. The fourth-order valence-electron chi connectivity index (χ4n) is 1.72. The van der Waals surface area contributed by atoms with Crippen molar-refractivity contribution in [1.82, 2.24) is 0 Å². The molecule has 1 aliphatic rings. The van der Waals surface area contributed by atoms with Crippen LogP contribution in [0.15, 0.2) is 0 Å². The molecule has 2 heteroatoms. The van der Waals surface area contributed by atoms with E-state index in [1.807, 2.05) is 6.92 Å². The van der Waals surface area contributed by atoms with Crippen LogP contribution in [0.5, 0.6) is 0 Å². The Morgan fingerprint density at radius 2 is 2.00 bits per heavy atom. The quantitative estimate of drug-likeness (QED) is 0.593. The van der Waals surface area contributed by atoms with Crippen molar-refractivity contribution in [3.05, 3.63) is 6.92 Å². The Bertz CT molecular complexity index is 157. The van der Waals surface area contributed by atoms with Crippen LogP contribution in [0.1, 0.15) is 39.0 Å². The van der Waals surface area contributed by atoms with E-state index in [0.717, 1.165) is 25.7 Å². The third-order valence-corrected chi connectivity index (χ3v) is 2.52. The molecule has 0 spiro atoms. The largest absolute Gasteiger partial charge is 0.466 e. The number of hydrogen-bond donors (Lipinski definition) is 0. The fraction of sp³-hybridized carbons (Fsp3) is 0.800. The van der Waals surface area contributed by atoms with Crippen LogP contribution in [0.4, 0.5) is 0 Å². The summed E-state index contributed by atoms with van der Waals surface area (Å²) in [5.41, 5.74) is -0.422. The van der Waals surface area contributed by atoms with Crippen LogP contribution in [0.3, 0.4) is 0 Å². The zero-order valence-electron chi connectivity index (χ0n) is 7.77. The highest BCUT2D eigenvalue weighted by Crippen LogP contribution is 2.36. The Morgan fingerprint density at radius 1 is 1.42 bits per heavy atom. The molecule has 1 aliphatic carbocycles. The second-order valence-electron chi connectivity index (χ2n) is 3.56. The van der Waals surface area contributed by atoms with Crippen LogP contribution >= 0.6 is 0 Å². The van der Waals surface area contributed by atoms with Crippen molar-refractivity contribution in [2.75, 3.05) is 6.61 Å². The van der Waals surface area contributed by atoms with Crippen molar-refractivity contribution in [3.8, 4) is 0 Å². The highest BCUT2D eigenvalue weighted by Gasteiger charge is 2.35. The molecule has 1 fully saturated rings.